The molecule has 0 bridgehead atoms. The molecule has 0 atom stereocenters. The number of amides is 1. The predicted molar refractivity (Wildman–Crippen MR) is 116 cm³/mol. The van der Waals surface area contributed by atoms with Crippen molar-refractivity contribution in [1.82, 2.24) is 5.32 Å². The van der Waals surface area contributed by atoms with Gasteiger partial charge in [0.1, 0.15) is 5.82 Å². The molecule has 0 radical (unpaired) electrons. The van der Waals surface area contributed by atoms with Gasteiger partial charge in [0.2, 0.25) is 0 Å². The Morgan fingerprint density at radius 1 is 1.13 bits per heavy atom. The highest BCUT2D eigenvalue weighted by molar-refractivity contribution is 7.12. The largest absolute Gasteiger partial charge is 0.376 e. The maximum atomic E-state index is 13.5. The molecule has 1 N–H and O–H groups in total. The third-order valence-corrected chi connectivity index (χ3v) is 7.31. The van der Waals surface area contributed by atoms with Gasteiger partial charge in [-0.15, -0.1) is 11.3 Å². The van der Waals surface area contributed by atoms with E-state index in [2.05, 4.69) is 36.5 Å². The van der Waals surface area contributed by atoms with Gasteiger partial charge in [-0.05, 0) is 55.0 Å². The summed E-state index contributed by atoms with van der Waals surface area (Å²) < 4.78 is 19.0. The molecule has 1 amide bonds. The van der Waals surface area contributed by atoms with Gasteiger partial charge in [0, 0.05) is 16.2 Å². The molecular formula is C25H24FNO2S. The molecule has 154 valence electrons. The molecule has 0 spiro atoms. The molecule has 1 saturated carbocycles. The van der Waals surface area contributed by atoms with Gasteiger partial charge >= 0.3 is 0 Å². The van der Waals surface area contributed by atoms with Crippen molar-refractivity contribution in [3.05, 3.63) is 91.9 Å². The van der Waals surface area contributed by atoms with E-state index in [1.54, 1.807) is 23.5 Å². The van der Waals surface area contributed by atoms with E-state index < -0.39 is 0 Å². The van der Waals surface area contributed by atoms with E-state index in [1.165, 1.54) is 23.3 Å². The predicted octanol–water partition coefficient (Wildman–Crippen LogP) is 5.28. The van der Waals surface area contributed by atoms with Crippen molar-refractivity contribution in [3.63, 3.8) is 0 Å². The lowest BCUT2D eigenvalue weighted by atomic mass is 9.98. The summed E-state index contributed by atoms with van der Waals surface area (Å²) in [5.41, 5.74) is 5.08. The van der Waals surface area contributed by atoms with Crippen LogP contribution in [-0.4, -0.2) is 12.5 Å². The summed E-state index contributed by atoms with van der Waals surface area (Å²) in [6.45, 7) is 3.28. The molecule has 1 aromatic heterocycles. The smallest absolute Gasteiger partial charge is 0.253 e. The standard InChI is InChI=1S/C25H24FNO2S/c1-16-2-6-18(7-3-16)25(11-12-25)27-24(28)23-20-10-13-29-15-22(20)30-21(23)14-17-4-8-19(26)9-5-17/h2-9H,10-15H2,1H3,(H,27,28). The number of nitrogens with one attached hydrogen (secondary N) is 1. The molecule has 1 aliphatic heterocycles. The number of halogens is 1. The second-order valence-electron chi connectivity index (χ2n) is 8.31. The first-order chi connectivity index (χ1) is 14.5. The maximum Gasteiger partial charge on any atom is 0.253 e. The fourth-order valence-electron chi connectivity index (χ4n) is 4.23. The molecule has 1 aliphatic carbocycles. The molecule has 2 aromatic carbocycles. The second-order valence-corrected chi connectivity index (χ2v) is 9.50. The molecule has 3 aromatic rings. The molecule has 30 heavy (non-hydrogen) atoms. The van der Waals surface area contributed by atoms with Crippen molar-refractivity contribution in [3.8, 4) is 0 Å². The number of carbonyl (C=O) groups is 1. The molecule has 3 nitrogen and oxygen atoms in total. The fraction of sp³-hybridized carbons (Fsp3) is 0.320. The lowest BCUT2D eigenvalue weighted by molar-refractivity contribution is 0.0922. The Morgan fingerprint density at radius 2 is 1.87 bits per heavy atom. The number of aryl methyl sites for hydroxylation is 1. The van der Waals surface area contributed by atoms with Gasteiger partial charge < -0.3 is 10.1 Å². The molecule has 2 heterocycles. The van der Waals surface area contributed by atoms with E-state index in [1.807, 2.05) is 0 Å². The summed E-state index contributed by atoms with van der Waals surface area (Å²) in [5.74, 6) is -0.242. The highest BCUT2D eigenvalue weighted by Gasteiger charge is 2.46. The summed E-state index contributed by atoms with van der Waals surface area (Å²) in [6, 6.07) is 15.0. The molecule has 0 unspecified atom stereocenters. The number of carbonyl (C=O) groups excluding carboxylic acids is 1. The highest BCUT2D eigenvalue weighted by atomic mass is 32.1. The van der Waals surface area contributed by atoms with Gasteiger partial charge in [0.15, 0.2) is 0 Å². The Hall–Kier alpha value is -2.50. The first-order valence-electron chi connectivity index (χ1n) is 10.4. The van der Waals surface area contributed by atoms with Crippen LogP contribution in [0, 0.1) is 12.7 Å². The number of fused-ring (bicyclic) bond motifs is 1. The van der Waals surface area contributed by atoms with Crippen molar-refractivity contribution in [2.24, 2.45) is 0 Å². The summed E-state index contributed by atoms with van der Waals surface area (Å²) >= 11 is 1.65. The molecular weight excluding hydrogens is 397 g/mol. The van der Waals surface area contributed by atoms with E-state index in [0.717, 1.165) is 45.7 Å². The van der Waals surface area contributed by atoms with Gasteiger partial charge in [-0.2, -0.15) is 0 Å². The minimum Gasteiger partial charge on any atom is -0.376 e. The average molecular weight is 422 g/mol. The quantitative estimate of drug-likeness (QED) is 0.609. The normalized spacial score (nSPS) is 16.7. The summed E-state index contributed by atoms with van der Waals surface area (Å²) in [4.78, 5) is 15.7. The van der Waals surface area contributed by atoms with Crippen LogP contribution in [0.25, 0.3) is 0 Å². The van der Waals surface area contributed by atoms with Gasteiger partial charge in [-0.3, -0.25) is 4.79 Å². The number of hydrogen-bond donors (Lipinski definition) is 1. The van der Waals surface area contributed by atoms with E-state index >= 15 is 0 Å². The van der Waals surface area contributed by atoms with Crippen LogP contribution in [-0.2, 0) is 29.7 Å². The van der Waals surface area contributed by atoms with E-state index in [4.69, 9.17) is 4.74 Å². The van der Waals surface area contributed by atoms with Gasteiger partial charge in [-0.1, -0.05) is 42.0 Å². The van der Waals surface area contributed by atoms with E-state index in [9.17, 15) is 9.18 Å². The second kappa shape index (κ2) is 7.64. The van der Waals surface area contributed by atoms with Crippen LogP contribution in [0.15, 0.2) is 48.5 Å². The van der Waals surface area contributed by atoms with Crippen LogP contribution >= 0.6 is 11.3 Å². The fourth-order valence-corrected chi connectivity index (χ4v) is 5.55. The SMILES string of the molecule is Cc1ccc(C2(NC(=O)c3c(Cc4ccc(F)cc4)sc4c3CCOC4)CC2)cc1. The zero-order chi connectivity index (χ0) is 20.7. The third-order valence-electron chi connectivity index (χ3n) is 6.11. The van der Waals surface area contributed by atoms with Crippen LogP contribution in [0.4, 0.5) is 4.39 Å². The number of thiophene rings is 1. The van der Waals surface area contributed by atoms with Crippen molar-refractivity contribution < 1.29 is 13.9 Å². The van der Waals surface area contributed by atoms with Crippen LogP contribution in [0.1, 0.15) is 55.2 Å². The zero-order valence-electron chi connectivity index (χ0n) is 17.0. The topological polar surface area (TPSA) is 38.3 Å². The minimum absolute atomic E-state index is 0.00425. The van der Waals surface area contributed by atoms with Gasteiger partial charge in [0.05, 0.1) is 24.3 Å². The van der Waals surface area contributed by atoms with Crippen LogP contribution in [0.3, 0.4) is 0 Å². The van der Waals surface area contributed by atoms with Gasteiger partial charge in [-0.25, -0.2) is 4.39 Å². The van der Waals surface area contributed by atoms with Crippen molar-refractivity contribution in [1.29, 1.82) is 0 Å². The Labute approximate surface area is 179 Å². The molecule has 0 saturated heterocycles. The first-order valence-corrected chi connectivity index (χ1v) is 11.2. The summed E-state index contributed by atoms with van der Waals surface area (Å²) in [7, 11) is 0. The van der Waals surface area contributed by atoms with Crippen LogP contribution in [0.5, 0.6) is 0 Å². The number of hydrogen-bond acceptors (Lipinski definition) is 3. The minimum atomic E-state index is -0.252. The number of benzene rings is 2. The average Bonchev–Trinajstić information content (AvgIpc) is 3.42. The first kappa shape index (κ1) is 19.5. The molecule has 5 heteroatoms. The Kier molecular flexibility index (Phi) is 4.95. The summed E-state index contributed by atoms with van der Waals surface area (Å²) in [5, 5.41) is 3.36. The maximum absolute atomic E-state index is 13.5. The van der Waals surface area contributed by atoms with E-state index in [0.29, 0.717) is 19.6 Å². The van der Waals surface area contributed by atoms with Crippen molar-refractivity contribution in [2.45, 2.75) is 44.8 Å². The van der Waals surface area contributed by atoms with E-state index in [-0.39, 0.29) is 17.3 Å². The summed E-state index contributed by atoms with van der Waals surface area (Å²) in [6.07, 6.45) is 3.31. The Bertz CT molecular complexity index is 1080. The van der Waals surface area contributed by atoms with Crippen LogP contribution in [0.2, 0.25) is 0 Å². The lowest BCUT2D eigenvalue weighted by Crippen LogP contribution is -2.35. The van der Waals surface area contributed by atoms with Crippen molar-refractivity contribution in [2.75, 3.05) is 6.61 Å². The number of ether oxygens (including phenoxy) is 1. The number of rotatable bonds is 5. The molecule has 2 aliphatic rings. The van der Waals surface area contributed by atoms with Crippen molar-refractivity contribution >= 4 is 17.2 Å². The third kappa shape index (κ3) is 3.68. The molecule has 1 fully saturated rings. The zero-order valence-corrected chi connectivity index (χ0v) is 17.8. The molecule has 5 rings (SSSR count). The monoisotopic (exact) mass is 421 g/mol. The van der Waals surface area contributed by atoms with Gasteiger partial charge in [0.25, 0.3) is 5.91 Å². The lowest BCUT2D eigenvalue weighted by Gasteiger charge is -2.20. The van der Waals surface area contributed by atoms with Crippen LogP contribution < -0.4 is 5.32 Å². The Balaban J connectivity index is 1.46. The Morgan fingerprint density at radius 3 is 2.57 bits per heavy atom. The highest BCUT2D eigenvalue weighted by Crippen LogP contribution is 2.46.